The monoisotopic (exact) mass is 321 g/mol. The summed E-state index contributed by atoms with van der Waals surface area (Å²) in [5, 5.41) is 2.74. The van der Waals surface area contributed by atoms with Gasteiger partial charge in [0.15, 0.2) is 17.3 Å². The molecule has 0 radical (unpaired) electrons. The Bertz CT molecular complexity index is 669. The fourth-order valence-electron chi connectivity index (χ4n) is 1.75. The first-order valence-corrected chi connectivity index (χ1v) is 7.66. The topological polar surface area (TPSA) is 55.4 Å². The SMILES string of the molecule is CC(=O)c1ccc(C(=O)NCCCOc2ccccc2F)s1. The molecule has 1 aromatic heterocycles. The first kappa shape index (κ1) is 16.2. The number of para-hydroxylation sites is 1. The number of hydrogen-bond donors (Lipinski definition) is 1. The number of halogens is 1. The second kappa shape index (κ2) is 7.70. The molecule has 0 aliphatic heterocycles. The van der Waals surface area contributed by atoms with Crippen molar-refractivity contribution in [2.45, 2.75) is 13.3 Å². The lowest BCUT2D eigenvalue weighted by Gasteiger charge is -2.07. The van der Waals surface area contributed by atoms with Gasteiger partial charge in [-0.2, -0.15) is 0 Å². The Morgan fingerprint density at radius 3 is 2.59 bits per heavy atom. The number of carbonyl (C=O) groups is 2. The molecule has 0 saturated carbocycles. The zero-order valence-corrected chi connectivity index (χ0v) is 12.9. The van der Waals surface area contributed by atoms with E-state index in [1.807, 2.05) is 0 Å². The first-order chi connectivity index (χ1) is 10.6. The number of hydrogen-bond acceptors (Lipinski definition) is 4. The normalized spacial score (nSPS) is 10.3. The maximum absolute atomic E-state index is 13.3. The van der Waals surface area contributed by atoms with E-state index in [4.69, 9.17) is 4.74 Å². The average molecular weight is 321 g/mol. The molecular weight excluding hydrogens is 305 g/mol. The number of benzene rings is 1. The highest BCUT2D eigenvalue weighted by Crippen LogP contribution is 2.17. The number of ketones is 1. The summed E-state index contributed by atoms with van der Waals surface area (Å²) in [6.07, 6.45) is 0.561. The molecule has 0 aliphatic carbocycles. The molecule has 0 fully saturated rings. The van der Waals surface area contributed by atoms with Gasteiger partial charge in [0.2, 0.25) is 0 Å². The van der Waals surface area contributed by atoms with Gasteiger partial charge in [0.25, 0.3) is 5.91 Å². The highest BCUT2D eigenvalue weighted by molar-refractivity contribution is 7.15. The first-order valence-electron chi connectivity index (χ1n) is 6.84. The minimum absolute atomic E-state index is 0.0534. The van der Waals surface area contributed by atoms with Crippen LogP contribution >= 0.6 is 11.3 Å². The zero-order chi connectivity index (χ0) is 15.9. The van der Waals surface area contributed by atoms with E-state index < -0.39 is 5.82 Å². The Balaban J connectivity index is 1.71. The van der Waals surface area contributed by atoms with Gasteiger partial charge in [-0.3, -0.25) is 9.59 Å². The molecule has 2 rings (SSSR count). The zero-order valence-electron chi connectivity index (χ0n) is 12.1. The Morgan fingerprint density at radius 1 is 1.18 bits per heavy atom. The van der Waals surface area contributed by atoms with E-state index in [1.165, 1.54) is 24.3 Å². The number of Topliss-reactive ketones (excluding diaryl/α,β-unsaturated/α-hetero) is 1. The second-order valence-electron chi connectivity index (χ2n) is 4.61. The second-order valence-corrected chi connectivity index (χ2v) is 5.69. The number of thiophene rings is 1. The van der Waals surface area contributed by atoms with Crippen LogP contribution in [-0.2, 0) is 0 Å². The summed E-state index contributed by atoms with van der Waals surface area (Å²) in [4.78, 5) is 24.1. The molecule has 1 amide bonds. The fraction of sp³-hybridized carbons (Fsp3) is 0.250. The third-order valence-electron chi connectivity index (χ3n) is 2.88. The summed E-state index contributed by atoms with van der Waals surface area (Å²) < 4.78 is 18.6. The molecule has 1 aromatic carbocycles. The van der Waals surface area contributed by atoms with Crippen LogP contribution in [0.3, 0.4) is 0 Å². The fourth-order valence-corrected chi connectivity index (χ4v) is 2.57. The molecule has 0 atom stereocenters. The van der Waals surface area contributed by atoms with Crippen molar-refractivity contribution in [1.29, 1.82) is 0 Å². The van der Waals surface area contributed by atoms with Crippen molar-refractivity contribution < 1.29 is 18.7 Å². The number of nitrogens with one attached hydrogen (secondary N) is 1. The van der Waals surface area contributed by atoms with Crippen molar-refractivity contribution in [3.63, 3.8) is 0 Å². The van der Waals surface area contributed by atoms with Crippen LogP contribution in [0.2, 0.25) is 0 Å². The smallest absolute Gasteiger partial charge is 0.261 e. The predicted molar refractivity (Wildman–Crippen MR) is 83.2 cm³/mol. The predicted octanol–water partition coefficient (Wildman–Crippen LogP) is 3.29. The van der Waals surface area contributed by atoms with Gasteiger partial charge in [-0.15, -0.1) is 11.3 Å². The molecule has 1 heterocycles. The third kappa shape index (κ3) is 4.39. The maximum atomic E-state index is 13.3. The minimum atomic E-state index is -0.401. The molecule has 0 saturated heterocycles. The molecule has 0 unspecified atom stereocenters. The summed E-state index contributed by atoms with van der Waals surface area (Å²) in [5.74, 6) is -0.467. The standard InChI is InChI=1S/C16H16FNO3S/c1-11(19)14-7-8-15(22-14)16(20)18-9-4-10-21-13-6-3-2-5-12(13)17/h2-3,5-8H,4,9-10H2,1H3,(H,18,20). The van der Waals surface area contributed by atoms with Gasteiger partial charge in [0.1, 0.15) is 0 Å². The van der Waals surface area contributed by atoms with Gasteiger partial charge < -0.3 is 10.1 Å². The van der Waals surface area contributed by atoms with Gasteiger partial charge in [-0.25, -0.2) is 4.39 Å². The van der Waals surface area contributed by atoms with Gasteiger partial charge in [0, 0.05) is 6.54 Å². The Labute approximate surface area is 131 Å². The Morgan fingerprint density at radius 2 is 1.91 bits per heavy atom. The molecule has 116 valence electrons. The molecular formula is C16H16FNO3S. The number of rotatable bonds is 7. The van der Waals surface area contributed by atoms with Crippen molar-refractivity contribution in [2.75, 3.05) is 13.2 Å². The molecule has 2 aromatic rings. The van der Waals surface area contributed by atoms with Crippen molar-refractivity contribution in [1.82, 2.24) is 5.32 Å². The molecule has 6 heteroatoms. The van der Waals surface area contributed by atoms with E-state index >= 15 is 0 Å². The van der Waals surface area contributed by atoms with Crippen LogP contribution in [0.15, 0.2) is 36.4 Å². The van der Waals surface area contributed by atoms with Crippen LogP contribution < -0.4 is 10.1 Å². The lowest BCUT2D eigenvalue weighted by Crippen LogP contribution is -2.24. The van der Waals surface area contributed by atoms with Crippen molar-refractivity contribution in [3.8, 4) is 5.75 Å². The van der Waals surface area contributed by atoms with E-state index in [2.05, 4.69) is 5.32 Å². The Hall–Kier alpha value is -2.21. The summed E-state index contributed by atoms with van der Waals surface area (Å²) in [7, 11) is 0. The van der Waals surface area contributed by atoms with Crippen molar-refractivity contribution in [3.05, 3.63) is 52.0 Å². The molecule has 22 heavy (non-hydrogen) atoms. The van der Waals surface area contributed by atoms with E-state index in [1.54, 1.807) is 30.3 Å². The van der Waals surface area contributed by atoms with Crippen molar-refractivity contribution in [2.24, 2.45) is 0 Å². The van der Waals surface area contributed by atoms with E-state index in [9.17, 15) is 14.0 Å². The number of ether oxygens (including phenoxy) is 1. The number of carbonyl (C=O) groups excluding carboxylic acids is 2. The maximum Gasteiger partial charge on any atom is 0.261 e. The van der Waals surface area contributed by atoms with E-state index in [0.29, 0.717) is 29.3 Å². The summed E-state index contributed by atoms with van der Waals surface area (Å²) in [6.45, 7) is 2.19. The van der Waals surface area contributed by atoms with Crippen LogP contribution in [0.4, 0.5) is 4.39 Å². The van der Waals surface area contributed by atoms with Crippen LogP contribution in [0, 0.1) is 5.82 Å². The van der Waals surface area contributed by atoms with Gasteiger partial charge >= 0.3 is 0 Å². The Kier molecular flexibility index (Phi) is 5.66. The van der Waals surface area contributed by atoms with Crippen LogP contribution in [0.1, 0.15) is 32.7 Å². The molecule has 0 bridgehead atoms. The van der Waals surface area contributed by atoms with Crippen LogP contribution in [0.5, 0.6) is 5.75 Å². The van der Waals surface area contributed by atoms with Gasteiger partial charge in [0.05, 0.1) is 16.4 Å². The summed E-state index contributed by atoms with van der Waals surface area (Å²) >= 11 is 1.17. The largest absolute Gasteiger partial charge is 0.490 e. The minimum Gasteiger partial charge on any atom is -0.490 e. The van der Waals surface area contributed by atoms with Crippen LogP contribution in [-0.4, -0.2) is 24.8 Å². The molecule has 4 nitrogen and oxygen atoms in total. The van der Waals surface area contributed by atoms with Gasteiger partial charge in [-0.1, -0.05) is 12.1 Å². The quantitative estimate of drug-likeness (QED) is 0.629. The van der Waals surface area contributed by atoms with E-state index in [-0.39, 0.29) is 17.4 Å². The third-order valence-corrected chi connectivity index (χ3v) is 4.06. The molecule has 1 N–H and O–H groups in total. The van der Waals surface area contributed by atoms with Crippen molar-refractivity contribution >= 4 is 23.0 Å². The summed E-state index contributed by atoms with van der Waals surface area (Å²) in [5.41, 5.74) is 0. The summed E-state index contributed by atoms with van der Waals surface area (Å²) in [6, 6.07) is 9.46. The molecule has 0 spiro atoms. The van der Waals surface area contributed by atoms with Gasteiger partial charge in [-0.05, 0) is 37.6 Å². The molecule has 0 aliphatic rings. The lowest BCUT2D eigenvalue weighted by molar-refractivity contribution is 0.0954. The highest BCUT2D eigenvalue weighted by Gasteiger charge is 2.10. The highest BCUT2D eigenvalue weighted by atomic mass is 32.1. The number of amides is 1. The lowest BCUT2D eigenvalue weighted by atomic mass is 10.3. The van der Waals surface area contributed by atoms with Crippen LogP contribution in [0.25, 0.3) is 0 Å². The van der Waals surface area contributed by atoms with E-state index in [0.717, 1.165) is 0 Å². The average Bonchev–Trinajstić information content (AvgIpc) is 2.98.